The third-order valence-electron chi connectivity index (χ3n) is 3.19. The number of hydrogen-bond acceptors (Lipinski definition) is 3. The molecule has 0 saturated carbocycles. The van der Waals surface area contributed by atoms with E-state index >= 15 is 0 Å². The van der Waals surface area contributed by atoms with Gasteiger partial charge in [0.2, 0.25) is 0 Å². The number of allylic oxidation sites excluding steroid dienone is 1. The van der Waals surface area contributed by atoms with Crippen molar-refractivity contribution >= 4 is 0 Å². The van der Waals surface area contributed by atoms with Crippen LogP contribution in [0.25, 0.3) is 0 Å². The first kappa shape index (κ1) is 12.3. The molecule has 1 aromatic rings. The molecule has 94 valence electrons. The lowest BCUT2D eigenvalue weighted by atomic mass is 10.1. The van der Waals surface area contributed by atoms with Crippen molar-refractivity contribution in [1.82, 2.24) is 14.8 Å². The average Bonchev–Trinajstić information content (AvgIpc) is 2.61. The van der Waals surface area contributed by atoms with Crippen LogP contribution >= 0.6 is 0 Å². The van der Waals surface area contributed by atoms with Gasteiger partial charge in [-0.1, -0.05) is 25.0 Å². The Morgan fingerprint density at radius 2 is 2.35 bits per heavy atom. The van der Waals surface area contributed by atoms with Gasteiger partial charge in [-0.15, -0.1) is 0 Å². The molecule has 4 nitrogen and oxygen atoms in total. The zero-order valence-corrected chi connectivity index (χ0v) is 10.5. The Hall–Kier alpha value is -1.16. The van der Waals surface area contributed by atoms with Crippen LogP contribution < -0.4 is 0 Å². The van der Waals surface area contributed by atoms with Crippen LogP contribution in [-0.2, 0) is 13.0 Å². The highest BCUT2D eigenvalue weighted by Crippen LogP contribution is 2.20. The van der Waals surface area contributed by atoms with E-state index in [2.05, 4.69) is 17.0 Å². The Balaban J connectivity index is 2.05. The lowest BCUT2D eigenvalue weighted by Crippen LogP contribution is -2.07. The summed E-state index contributed by atoms with van der Waals surface area (Å²) in [4.78, 5) is 4.31. The maximum absolute atomic E-state index is 9.74. The van der Waals surface area contributed by atoms with Gasteiger partial charge in [0.05, 0.1) is 6.10 Å². The highest BCUT2D eigenvalue weighted by atomic mass is 16.3. The molecule has 1 aliphatic carbocycles. The first-order chi connectivity index (χ1) is 8.29. The predicted octanol–water partition coefficient (Wildman–Crippen LogP) is 2.09. The van der Waals surface area contributed by atoms with Gasteiger partial charge in [0.15, 0.2) is 0 Å². The van der Waals surface area contributed by atoms with Gasteiger partial charge in [0.1, 0.15) is 12.2 Å². The van der Waals surface area contributed by atoms with Crippen molar-refractivity contribution < 1.29 is 5.11 Å². The molecule has 1 heterocycles. The van der Waals surface area contributed by atoms with Gasteiger partial charge in [-0.05, 0) is 25.7 Å². The second kappa shape index (κ2) is 5.96. The molecule has 1 aromatic heterocycles. The fourth-order valence-electron chi connectivity index (χ4n) is 2.32. The highest BCUT2D eigenvalue weighted by Gasteiger charge is 2.12. The number of aliphatic hydroxyl groups is 1. The third-order valence-corrected chi connectivity index (χ3v) is 3.19. The summed E-state index contributed by atoms with van der Waals surface area (Å²) in [5.41, 5.74) is 1.31. The quantitative estimate of drug-likeness (QED) is 0.813. The fourth-order valence-corrected chi connectivity index (χ4v) is 2.32. The molecule has 4 heteroatoms. The van der Waals surface area contributed by atoms with Crippen molar-refractivity contribution in [2.45, 2.75) is 58.1 Å². The van der Waals surface area contributed by atoms with Gasteiger partial charge in [0.25, 0.3) is 0 Å². The molecular formula is C13H21N3O. The minimum Gasteiger partial charge on any atom is -0.389 e. The molecule has 0 amide bonds. The molecule has 0 spiro atoms. The summed E-state index contributed by atoms with van der Waals surface area (Å²) in [7, 11) is 0. The normalized spacial score (nSPS) is 21.1. The minimum absolute atomic E-state index is 0.268. The van der Waals surface area contributed by atoms with Crippen LogP contribution in [0, 0.1) is 0 Å². The van der Waals surface area contributed by atoms with Crippen molar-refractivity contribution in [3.05, 3.63) is 23.8 Å². The Bertz CT molecular complexity index is 384. The maximum atomic E-state index is 9.74. The maximum Gasteiger partial charge on any atom is 0.138 e. The molecule has 0 saturated heterocycles. The third kappa shape index (κ3) is 3.40. The second-order valence-electron chi connectivity index (χ2n) is 4.71. The molecule has 0 bridgehead atoms. The van der Waals surface area contributed by atoms with Crippen LogP contribution in [0.5, 0.6) is 0 Å². The summed E-state index contributed by atoms with van der Waals surface area (Å²) >= 11 is 0. The van der Waals surface area contributed by atoms with Gasteiger partial charge in [-0.3, -0.25) is 0 Å². The SMILES string of the molecule is CCCn1ncnc1CC1=CC(O)CCCC1. The van der Waals surface area contributed by atoms with Crippen molar-refractivity contribution in [1.29, 1.82) is 0 Å². The number of hydrogen-bond donors (Lipinski definition) is 1. The second-order valence-corrected chi connectivity index (χ2v) is 4.71. The van der Waals surface area contributed by atoms with E-state index in [1.54, 1.807) is 6.33 Å². The van der Waals surface area contributed by atoms with Crippen molar-refractivity contribution in [3.8, 4) is 0 Å². The van der Waals surface area contributed by atoms with Crippen LogP contribution in [-0.4, -0.2) is 26.0 Å². The van der Waals surface area contributed by atoms with Crippen LogP contribution in [0.15, 0.2) is 18.0 Å². The van der Waals surface area contributed by atoms with E-state index in [0.717, 1.165) is 44.5 Å². The number of rotatable bonds is 4. The molecule has 0 radical (unpaired) electrons. The fraction of sp³-hybridized carbons (Fsp3) is 0.692. The van der Waals surface area contributed by atoms with Crippen molar-refractivity contribution in [2.75, 3.05) is 0 Å². The van der Waals surface area contributed by atoms with Crippen LogP contribution in [0.4, 0.5) is 0 Å². The molecule has 0 aliphatic heterocycles. The molecule has 1 unspecified atom stereocenters. The van der Waals surface area contributed by atoms with Gasteiger partial charge < -0.3 is 5.11 Å². The summed E-state index contributed by atoms with van der Waals surface area (Å²) < 4.78 is 1.97. The molecule has 17 heavy (non-hydrogen) atoms. The Morgan fingerprint density at radius 1 is 1.47 bits per heavy atom. The van der Waals surface area contributed by atoms with Gasteiger partial charge >= 0.3 is 0 Å². The van der Waals surface area contributed by atoms with E-state index < -0.39 is 0 Å². The summed E-state index contributed by atoms with van der Waals surface area (Å²) in [6, 6.07) is 0. The van der Waals surface area contributed by atoms with E-state index in [1.165, 1.54) is 12.0 Å². The summed E-state index contributed by atoms with van der Waals surface area (Å²) in [6.07, 6.45) is 9.52. The number of aliphatic hydroxyl groups excluding tert-OH is 1. The van der Waals surface area contributed by atoms with Crippen molar-refractivity contribution in [3.63, 3.8) is 0 Å². The average molecular weight is 235 g/mol. The molecule has 1 aliphatic rings. The largest absolute Gasteiger partial charge is 0.389 e. The lowest BCUT2D eigenvalue weighted by molar-refractivity contribution is 0.211. The van der Waals surface area contributed by atoms with Gasteiger partial charge in [-0.25, -0.2) is 9.67 Å². The topological polar surface area (TPSA) is 50.9 Å². The van der Waals surface area contributed by atoms with E-state index in [1.807, 2.05) is 10.8 Å². The molecule has 1 atom stereocenters. The summed E-state index contributed by atoms with van der Waals surface area (Å²) in [5.74, 6) is 1.02. The van der Waals surface area contributed by atoms with Crippen LogP contribution in [0.1, 0.15) is 44.9 Å². The first-order valence-electron chi connectivity index (χ1n) is 6.54. The summed E-state index contributed by atoms with van der Waals surface area (Å²) in [6.45, 7) is 3.06. The smallest absolute Gasteiger partial charge is 0.138 e. The number of aromatic nitrogens is 3. The first-order valence-corrected chi connectivity index (χ1v) is 6.54. The Kier molecular flexibility index (Phi) is 4.31. The Labute approximate surface area is 102 Å². The van der Waals surface area contributed by atoms with Crippen molar-refractivity contribution in [2.24, 2.45) is 0 Å². The van der Waals surface area contributed by atoms with E-state index in [-0.39, 0.29) is 6.10 Å². The zero-order chi connectivity index (χ0) is 12.1. The lowest BCUT2D eigenvalue weighted by Gasteiger charge is -2.07. The van der Waals surface area contributed by atoms with E-state index in [0.29, 0.717) is 0 Å². The summed E-state index contributed by atoms with van der Waals surface area (Å²) in [5, 5.41) is 14.0. The van der Waals surface area contributed by atoms with Gasteiger partial charge in [0, 0.05) is 13.0 Å². The van der Waals surface area contributed by atoms with Gasteiger partial charge in [-0.2, -0.15) is 5.10 Å². The zero-order valence-electron chi connectivity index (χ0n) is 10.5. The monoisotopic (exact) mass is 235 g/mol. The Morgan fingerprint density at radius 3 is 3.18 bits per heavy atom. The number of nitrogens with zero attached hydrogens (tertiary/aromatic N) is 3. The van der Waals surface area contributed by atoms with E-state index in [9.17, 15) is 5.11 Å². The highest BCUT2D eigenvalue weighted by molar-refractivity contribution is 5.12. The van der Waals surface area contributed by atoms with Crippen LogP contribution in [0.3, 0.4) is 0 Å². The molecule has 0 fully saturated rings. The molecule has 1 N–H and O–H groups in total. The van der Waals surface area contributed by atoms with Crippen LogP contribution in [0.2, 0.25) is 0 Å². The number of aryl methyl sites for hydroxylation is 1. The minimum atomic E-state index is -0.268. The molecular weight excluding hydrogens is 214 g/mol. The molecule has 2 rings (SSSR count). The van der Waals surface area contributed by atoms with E-state index in [4.69, 9.17) is 0 Å². The molecule has 0 aromatic carbocycles. The predicted molar refractivity (Wildman–Crippen MR) is 66.6 cm³/mol. The standard InChI is InChI=1S/C13H21N3O/c1-2-7-16-13(14-10-15-16)9-11-5-3-4-6-12(17)8-11/h8,10,12,17H,2-7,9H2,1H3.